The molecule has 0 aromatic carbocycles. The van der Waals surface area contributed by atoms with Gasteiger partial charge in [-0.2, -0.15) is 0 Å². The number of ether oxygens (including phenoxy) is 3. The van der Waals surface area contributed by atoms with Crippen LogP contribution in [0.4, 0.5) is 9.59 Å². The molecule has 0 saturated heterocycles. The summed E-state index contributed by atoms with van der Waals surface area (Å²) in [4.78, 5) is 46.2. The number of rotatable bonds is 8. The van der Waals surface area contributed by atoms with Gasteiger partial charge >= 0.3 is 18.2 Å². The van der Waals surface area contributed by atoms with E-state index in [1.807, 2.05) is 0 Å². The Balaban J connectivity index is 4.54. The Morgan fingerprint density at radius 3 is 1.96 bits per heavy atom. The van der Waals surface area contributed by atoms with E-state index in [0.29, 0.717) is 0 Å². The van der Waals surface area contributed by atoms with E-state index >= 15 is 0 Å². The maximum absolute atomic E-state index is 12.1. The van der Waals surface area contributed by atoms with Crippen molar-refractivity contribution in [3.63, 3.8) is 0 Å². The molecule has 0 spiro atoms. The summed E-state index contributed by atoms with van der Waals surface area (Å²) in [5.41, 5.74) is 3.65. The topological polar surface area (TPSA) is 146 Å². The number of hydrogen-bond donors (Lipinski definition) is 3. The molecule has 1 atom stereocenters. The number of carbonyl (C=O) groups is 4. The minimum atomic E-state index is -1.13. The van der Waals surface area contributed by atoms with Gasteiger partial charge in [0.1, 0.15) is 17.2 Å². The van der Waals surface area contributed by atoms with Crippen LogP contribution in [0.2, 0.25) is 0 Å². The van der Waals surface area contributed by atoms with Gasteiger partial charge in [-0.3, -0.25) is 4.79 Å². The van der Waals surface area contributed by atoms with Gasteiger partial charge in [-0.05, 0) is 48.0 Å². The van der Waals surface area contributed by atoms with Crippen LogP contribution in [-0.2, 0) is 23.8 Å². The maximum Gasteiger partial charge on any atom is 0.516 e. The van der Waals surface area contributed by atoms with Gasteiger partial charge in [0.25, 0.3) is 0 Å². The van der Waals surface area contributed by atoms with Crippen molar-refractivity contribution in [2.45, 2.75) is 71.6 Å². The van der Waals surface area contributed by atoms with Gasteiger partial charge in [0.2, 0.25) is 5.91 Å². The fraction of sp³-hybridized carbons (Fsp3) is 0.765. The van der Waals surface area contributed by atoms with Gasteiger partial charge in [0, 0.05) is 19.5 Å². The molecule has 2 amide bonds. The molecule has 0 aliphatic rings. The number of primary amides is 1. The third-order valence-electron chi connectivity index (χ3n) is 2.72. The van der Waals surface area contributed by atoms with Crippen LogP contribution < -0.4 is 16.4 Å². The van der Waals surface area contributed by atoms with Crippen LogP contribution in [0, 0.1) is 0 Å². The SMILES string of the molecule is CC(C)(C)OC(=O)NCCN[C@H](CCC(N)=O)C(=O)OC(=O)OC(C)(C)C. The first kappa shape index (κ1) is 24.6. The highest BCUT2D eigenvalue weighted by Crippen LogP contribution is 2.09. The first-order valence-electron chi connectivity index (χ1n) is 8.63. The number of nitrogens with one attached hydrogen (secondary N) is 2. The van der Waals surface area contributed by atoms with Gasteiger partial charge in [-0.25, -0.2) is 14.4 Å². The van der Waals surface area contributed by atoms with E-state index in [9.17, 15) is 19.2 Å². The molecular formula is C17H31N3O7. The number of amides is 2. The van der Waals surface area contributed by atoms with E-state index in [2.05, 4.69) is 15.4 Å². The minimum absolute atomic E-state index is 0.0312. The van der Waals surface area contributed by atoms with Crippen molar-refractivity contribution in [2.75, 3.05) is 13.1 Å². The summed E-state index contributed by atoms with van der Waals surface area (Å²) >= 11 is 0. The normalized spacial score (nSPS) is 12.7. The molecule has 0 aromatic heterocycles. The smallest absolute Gasteiger partial charge is 0.444 e. The highest BCUT2D eigenvalue weighted by atomic mass is 16.7. The Morgan fingerprint density at radius 2 is 1.48 bits per heavy atom. The second kappa shape index (κ2) is 10.7. The predicted octanol–water partition coefficient (Wildman–Crippen LogP) is 1.21. The average molecular weight is 389 g/mol. The second-order valence-corrected chi connectivity index (χ2v) is 7.83. The number of alkyl carbamates (subject to hydrolysis) is 1. The lowest BCUT2D eigenvalue weighted by Crippen LogP contribution is -2.44. The summed E-state index contributed by atoms with van der Waals surface area (Å²) in [6.07, 6.45) is -1.79. The summed E-state index contributed by atoms with van der Waals surface area (Å²) in [6.45, 7) is 10.4. The number of carbonyl (C=O) groups excluding carboxylic acids is 4. The molecule has 0 radical (unpaired) electrons. The molecule has 27 heavy (non-hydrogen) atoms. The van der Waals surface area contributed by atoms with Gasteiger partial charge in [-0.1, -0.05) is 0 Å². The van der Waals surface area contributed by atoms with Crippen molar-refractivity contribution in [3.8, 4) is 0 Å². The molecule has 0 unspecified atom stereocenters. The summed E-state index contributed by atoms with van der Waals surface area (Å²) < 4.78 is 14.6. The second-order valence-electron chi connectivity index (χ2n) is 7.83. The molecule has 4 N–H and O–H groups in total. The van der Waals surface area contributed by atoms with Crippen molar-refractivity contribution in [2.24, 2.45) is 5.73 Å². The van der Waals surface area contributed by atoms with Crippen molar-refractivity contribution in [1.82, 2.24) is 10.6 Å². The minimum Gasteiger partial charge on any atom is -0.444 e. The maximum atomic E-state index is 12.1. The van der Waals surface area contributed by atoms with Crippen LogP contribution in [0.15, 0.2) is 0 Å². The zero-order chi connectivity index (χ0) is 21.3. The van der Waals surface area contributed by atoms with Crippen molar-refractivity contribution >= 4 is 24.1 Å². The highest BCUT2D eigenvalue weighted by Gasteiger charge is 2.26. The Morgan fingerprint density at radius 1 is 0.926 bits per heavy atom. The largest absolute Gasteiger partial charge is 0.516 e. The molecule has 0 aliphatic heterocycles. The molecule has 0 fully saturated rings. The summed E-state index contributed by atoms with van der Waals surface area (Å²) in [7, 11) is 0. The van der Waals surface area contributed by atoms with Crippen LogP contribution in [0.3, 0.4) is 0 Å². The van der Waals surface area contributed by atoms with E-state index in [1.54, 1.807) is 41.5 Å². The Hall–Kier alpha value is -2.36. The predicted molar refractivity (Wildman–Crippen MR) is 96.8 cm³/mol. The van der Waals surface area contributed by atoms with E-state index in [4.69, 9.17) is 15.2 Å². The van der Waals surface area contributed by atoms with Gasteiger partial charge < -0.3 is 30.6 Å². The highest BCUT2D eigenvalue weighted by molar-refractivity contribution is 5.86. The number of esters is 1. The van der Waals surface area contributed by atoms with Crippen LogP contribution in [0.1, 0.15) is 54.4 Å². The number of nitrogens with two attached hydrogens (primary N) is 1. The molecule has 0 saturated carbocycles. The molecule has 0 aliphatic carbocycles. The third-order valence-corrected chi connectivity index (χ3v) is 2.72. The number of hydrogen-bond acceptors (Lipinski definition) is 8. The zero-order valence-electron chi connectivity index (χ0n) is 16.8. The molecule has 10 heteroatoms. The fourth-order valence-corrected chi connectivity index (χ4v) is 1.74. The van der Waals surface area contributed by atoms with E-state index in [-0.39, 0.29) is 25.9 Å². The Labute approximate surface area is 159 Å². The zero-order valence-corrected chi connectivity index (χ0v) is 16.8. The molecular weight excluding hydrogens is 358 g/mol. The first-order valence-corrected chi connectivity index (χ1v) is 8.63. The van der Waals surface area contributed by atoms with Gasteiger partial charge in [-0.15, -0.1) is 0 Å². The monoisotopic (exact) mass is 389 g/mol. The molecule has 156 valence electrons. The molecule has 0 heterocycles. The molecule has 0 aromatic rings. The van der Waals surface area contributed by atoms with Crippen molar-refractivity contribution in [1.29, 1.82) is 0 Å². The van der Waals surface area contributed by atoms with E-state index in [0.717, 1.165) is 0 Å². The van der Waals surface area contributed by atoms with E-state index in [1.165, 1.54) is 0 Å². The third kappa shape index (κ3) is 14.5. The molecule has 0 bridgehead atoms. The van der Waals surface area contributed by atoms with Crippen LogP contribution in [-0.4, -0.2) is 54.5 Å². The lowest BCUT2D eigenvalue weighted by atomic mass is 10.1. The Bertz CT molecular complexity index is 536. The van der Waals surface area contributed by atoms with Gasteiger partial charge in [0.15, 0.2) is 0 Å². The standard InChI is InChI=1S/C17H31N3O7/c1-16(2,3)26-14(23)20-10-9-19-11(7-8-12(18)21)13(22)25-15(24)27-17(4,5)6/h11,19H,7-10H2,1-6H3,(H2,18,21)(H,20,23)/t11-/m1/s1. The molecule has 0 rings (SSSR count). The summed E-state index contributed by atoms with van der Waals surface area (Å²) in [5, 5.41) is 5.31. The summed E-state index contributed by atoms with van der Waals surface area (Å²) in [5.74, 6) is -1.50. The molecule has 10 nitrogen and oxygen atoms in total. The lowest BCUT2D eigenvalue weighted by molar-refractivity contribution is -0.144. The van der Waals surface area contributed by atoms with E-state index < -0.39 is 41.4 Å². The average Bonchev–Trinajstić information content (AvgIpc) is 2.41. The summed E-state index contributed by atoms with van der Waals surface area (Å²) in [6, 6.07) is -0.967. The first-order chi connectivity index (χ1) is 12.2. The fourth-order valence-electron chi connectivity index (χ4n) is 1.74. The quantitative estimate of drug-likeness (QED) is 0.319. The van der Waals surface area contributed by atoms with Crippen LogP contribution >= 0.6 is 0 Å². The van der Waals surface area contributed by atoms with Crippen LogP contribution in [0.5, 0.6) is 0 Å². The Kier molecular flexibility index (Phi) is 9.77. The lowest BCUT2D eigenvalue weighted by Gasteiger charge is -2.21. The van der Waals surface area contributed by atoms with Crippen molar-refractivity contribution in [3.05, 3.63) is 0 Å². The van der Waals surface area contributed by atoms with Gasteiger partial charge in [0.05, 0.1) is 0 Å². The van der Waals surface area contributed by atoms with Crippen LogP contribution in [0.25, 0.3) is 0 Å². The van der Waals surface area contributed by atoms with Crippen molar-refractivity contribution < 1.29 is 33.4 Å².